The Bertz CT molecular complexity index is 342. The van der Waals surface area contributed by atoms with E-state index in [1.54, 1.807) is 4.90 Å². The maximum atomic E-state index is 11.6. The molecular formula is C9H19N3O3S. The van der Waals surface area contributed by atoms with Crippen molar-refractivity contribution in [1.82, 2.24) is 14.5 Å². The number of hydrogen-bond acceptors (Lipinski definition) is 3. The van der Waals surface area contributed by atoms with E-state index in [4.69, 9.17) is 0 Å². The number of nitrogens with one attached hydrogen (secondary N) is 1. The smallest absolute Gasteiger partial charge is 0.317 e. The predicted molar refractivity (Wildman–Crippen MR) is 61.7 cm³/mol. The molecule has 1 heterocycles. The Morgan fingerprint density at radius 2 is 1.94 bits per heavy atom. The second-order valence-corrected chi connectivity index (χ2v) is 5.82. The van der Waals surface area contributed by atoms with Crippen molar-refractivity contribution >= 4 is 16.1 Å². The van der Waals surface area contributed by atoms with Gasteiger partial charge in [0, 0.05) is 32.7 Å². The summed E-state index contributed by atoms with van der Waals surface area (Å²) < 4.78 is 24.1. The summed E-state index contributed by atoms with van der Waals surface area (Å²) in [5.41, 5.74) is 0. The summed E-state index contributed by atoms with van der Waals surface area (Å²) in [6, 6.07) is -0.113. The fourth-order valence-corrected chi connectivity index (χ4v) is 2.57. The first-order valence-corrected chi connectivity index (χ1v) is 7.28. The van der Waals surface area contributed by atoms with Gasteiger partial charge in [-0.3, -0.25) is 0 Å². The van der Waals surface area contributed by atoms with Crippen molar-refractivity contribution in [3.05, 3.63) is 0 Å². The molecule has 6 nitrogen and oxygen atoms in total. The van der Waals surface area contributed by atoms with Gasteiger partial charge in [0.05, 0.1) is 6.26 Å². The summed E-state index contributed by atoms with van der Waals surface area (Å²) in [5, 5.41) is 2.72. The summed E-state index contributed by atoms with van der Waals surface area (Å²) in [4.78, 5) is 13.2. The minimum Gasteiger partial charge on any atom is -0.338 e. The van der Waals surface area contributed by atoms with Gasteiger partial charge >= 0.3 is 6.03 Å². The molecule has 0 saturated carbocycles. The number of amides is 2. The highest BCUT2D eigenvalue weighted by atomic mass is 32.2. The van der Waals surface area contributed by atoms with E-state index in [2.05, 4.69) is 5.32 Å². The lowest BCUT2D eigenvalue weighted by Crippen LogP contribution is -2.42. The van der Waals surface area contributed by atoms with E-state index in [1.807, 2.05) is 6.92 Å². The second kappa shape index (κ2) is 5.49. The molecule has 0 aromatic carbocycles. The standard InChI is InChI=1S/C9H19N3O3S/c1-3-10-9(13)11-5-4-6-12(8-7-11)16(2,14)15/h3-8H2,1-2H3,(H,10,13). The number of urea groups is 1. The van der Waals surface area contributed by atoms with E-state index < -0.39 is 10.0 Å². The minimum atomic E-state index is -3.14. The van der Waals surface area contributed by atoms with E-state index in [1.165, 1.54) is 10.6 Å². The third-order valence-electron chi connectivity index (χ3n) is 2.54. The number of nitrogens with zero attached hydrogens (tertiary/aromatic N) is 2. The minimum absolute atomic E-state index is 0.113. The largest absolute Gasteiger partial charge is 0.338 e. The highest BCUT2D eigenvalue weighted by Gasteiger charge is 2.23. The van der Waals surface area contributed by atoms with Gasteiger partial charge < -0.3 is 10.2 Å². The molecule has 1 rings (SSSR count). The van der Waals surface area contributed by atoms with E-state index in [9.17, 15) is 13.2 Å². The van der Waals surface area contributed by atoms with Gasteiger partial charge in [-0.05, 0) is 13.3 Å². The van der Waals surface area contributed by atoms with Gasteiger partial charge in [-0.2, -0.15) is 0 Å². The number of hydrogen-bond donors (Lipinski definition) is 1. The van der Waals surface area contributed by atoms with Crippen LogP contribution < -0.4 is 5.32 Å². The summed E-state index contributed by atoms with van der Waals surface area (Å²) in [6.45, 7) is 4.39. The molecule has 16 heavy (non-hydrogen) atoms. The van der Waals surface area contributed by atoms with Crippen molar-refractivity contribution in [2.75, 3.05) is 39.0 Å². The van der Waals surface area contributed by atoms with Crippen molar-refractivity contribution in [1.29, 1.82) is 0 Å². The lowest BCUT2D eigenvalue weighted by atomic mass is 10.4. The van der Waals surface area contributed by atoms with Gasteiger partial charge in [0.1, 0.15) is 0 Å². The fourth-order valence-electron chi connectivity index (χ4n) is 1.69. The summed E-state index contributed by atoms with van der Waals surface area (Å²) >= 11 is 0. The molecule has 0 bridgehead atoms. The SMILES string of the molecule is CCNC(=O)N1CCCN(S(C)(=O)=O)CC1. The Hall–Kier alpha value is -0.820. The molecule has 0 spiro atoms. The number of carbonyl (C=O) groups is 1. The predicted octanol–water partition coefficient (Wildman–Crippen LogP) is -0.317. The van der Waals surface area contributed by atoms with E-state index in [-0.39, 0.29) is 6.03 Å². The summed E-state index contributed by atoms with van der Waals surface area (Å²) in [6.07, 6.45) is 1.89. The van der Waals surface area contributed by atoms with Crippen molar-refractivity contribution in [3.8, 4) is 0 Å². The molecule has 0 aliphatic carbocycles. The Kier molecular flexibility index (Phi) is 4.55. The van der Waals surface area contributed by atoms with E-state index >= 15 is 0 Å². The van der Waals surface area contributed by atoms with Crippen LogP contribution >= 0.6 is 0 Å². The monoisotopic (exact) mass is 249 g/mol. The van der Waals surface area contributed by atoms with Crippen molar-refractivity contribution in [2.24, 2.45) is 0 Å². The van der Waals surface area contributed by atoms with Crippen molar-refractivity contribution < 1.29 is 13.2 Å². The lowest BCUT2D eigenvalue weighted by molar-refractivity contribution is 0.201. The molecule has 1 saturated heterocycles. The number of rotatable bonds is 2. The van der Waals surface area contributed by atoms with Crippen LogP contribution in [-0.4, -0.2) is 62.6 Å². The third kappa shape index (κ3) is 3.64. The number of sulfonamides is 1. The zero-order valence-electron chi connectivity index (χ0n) is 9.77. The highest BCUT2D eigenvalue weighted by molar-refractivity contribution is 7.88. The average Bonchev–Trinajstić information content (AvgIpc) is 2.41. The van der Waals surface area contributed by atoms with Crippen LogP contribution in [0.4, 0.5) is 4.79 Å². The van der Waals surface area contributed by atoms with Crippen molar-refractivity contribution in [2.45, 2.75) is 13.3 Å². The van der Waals surface area contributed by atoms with E-state index in [0.717, 1.165) is 0 Å². The first kappa shape index (κ1) is 13.2. The Balaban J connectivity index is 2.56. The number of carbonyl (C=O) groups excluding carboxylic acids is 1. The van der Waals surface area contributed by atoms with Crippen LogP contribution in [0.5, 0.6) is 0 Å². The van der Waals surface area contributed by atoms with Gasteiger partial charge in [-0.15, -0.1) is 0 Å². The lowest BCUT2D eigenvalue weighted by Gasteiger charge is -2.20. The molecule has 1 aliphatic rings. The first-order valence-electron chi connectivity index (χ1n) is 5.43. The van der Waals surface area contributed by atoms with Gasteiger partial charge in [0.15, 0.2) is 0 Å². The van der Waals surface area contributed by atoms with Gasteiger partial charge in [-0.1, -0.05) is 0 Å². The van der Waals surface area contributed by atoms with Crippen LogP contribution in [-0.2, 0) is 10.0 Å². The molecular weight excluding hydrogens is 230 g/mol. The zero-order valence-corrected chi connectivity index (χ0v) is 10.6. The molecule has 2 amide bonds. The highest BCUT2D eigenvalue weighted by Crippen LogP contribution is 2.06. The zero-order chi connectivity index (χ0) is 12.2. The quantitative estimate of drug-likeness (QED) is 0.729. The second-order valence-electron chi connectivity index (χ2n) is 3.84. The molecule has 1 aliphatic heterocycles. The van der Waals surface area contributed by atoms with Crippen LogP contribution in [0.15, 0.2) is 0 Å². The summed E-state index contributed by atoms with van der Waals surface area (Å²) in [5.74, 6) is 0. The molecule has 1 N–H and O–H groups in total. The van der Waals surface area contributed by atoms with Crippen molar-refractivity contribution in [3.63, 3.8) is 0 Å². The topological polar surface area (TPSA) is 69.7 Å². The normalized spacial score (nSPS) is 19.2. The summed E-state index contributed by atoms with van der Waals surface area (Å²) in [7, 11) is -3.14. The molecule has 0 radical (unpaired) electrons. The molecule has 94 valence electrons. The molecule has 0 aromatic heterocycles. The van der Waals surface area contributed by atoms with Gasteiger partial charge in [0.25, 0.3) is 0 Å². The van der Waals surface area contributed by atoms with Crippen LogP contribution in [0.2, 0.25) is 0 Å². The Labute approximate surface area is 96.6 Å². The molecule has 1 fully saturated rings. The van der Waals surface area contributed by atoms with Crippen LogP contribution in [0.3, 0.4) is 0 Å². The average molecular weight is 249 g/mol. The van der Waals surface area contributed by atoms with Crippen LogP contribution in [0.25, 0.3) is 0 Å². The molecule has 0 aromatic rings. The van der Waals surface area contributed by atoms with Gasteiger partial charge in [0.2, 0.25) is 10.0 Å². The molecule has 7 heteroatoms. The van der Waals surface area contributed by atoms with Gasteiger partial charge in [-0.25, -0.2) is 17.5 Å². The fraction of sp³-hybridized carbons (Fsp3) is 0.889. The Morgan fingerprint density at radius 1 is 1.25 bits per heavy atom. The molecule has 0 unspecified atom stereocenters. The van der Waals surface area contributed by atoms with E-state index in [0.29, 0.717) is 39.1 Å². The maximum Gasteiger partial charge on any atom is 0.317 e. The third-order valence-corrected chi connectivity index (χ3v) is 3.84. The maximum absolute atomic E-state index is 11.6. The van der Waals surface area contributed by atoms with Crippen LogP contribution in [0, 0.1) is 0 Å². The molecule has 0 atom stereocenters. The van der Waals surface area contributed by atoms with Crippen LogP contribution in [0.1, 0.15) is 13.3 Å². The Morgan fingerprint density at radius 3 is 2.50 bits per heavy atom. The first-order chi connectivity index (χ1) is 7.45.